The summed E-state index contributed by atoms with van der Waals surface area (Å²) in [5, 5.41) is 3.68. The Labute approximate surface area is 111 Å². The van der Waals surface area contributed by atoms with E-state index >= 15 is 0 Å². The maximum Gasteiger partial charge on any atom is 0.168 e. The van der Waals surface area contributed by atoms with Crippen molar-refractivity contribution in [2.45, 2.75) is 82.1 Å². The largest absolute Gasteiger partial charge is 0.347 e. The van der Waals surface area contributed by atoms with E-state index < -0.39 is 0 Å². The molecule has 1 heterocycles. The highest BCUT2D eigenvalue weighted by molar-refractivity contribution is 4.84. The van der Waals surface area contributed by atoms with Gasteiger partial charge < -0.3 is 14.8 Å². The summed E-state index contributed by atoms with van der Waals surface area (Å²) in [5.41, 5.74) is 0. The Hall–Kier alpha value is -0.120. The molecule has 0 aromatic heterocycles. The maximum atomic E-state index is 6.20. The minimum Gasteiger partial charge on any atom is -0.347 e. The Kier molecular flexibility index (Phi) is 4.22. The number of ether oxygens (including phenoxy) is 2. The van der Waals surface area contributed by atoms with Gasteiger partial charge >= 0.3 is 0 Å². The molecule has 0 radical (unpaired) electrons. The standard InChI is InChI=1S/C15H27NO2/c1-3-7-13(8-4-1)16-11-14-12-17-15(18-14)9-5-2-6-10-15/h13-14,16H,1-12H2/t14-/m1/s1. The lowest BCUT2D eigenvalue weighted by molar-refractivity contribution is -0.186. The zero-order valence-electron chi connectivity index (χ0n) is 11.5. The molecular weight excluding hydrogens is 226 g/mol. The molecule has 0 bridgehead atoms. The molecule has 3 fully saturated rings. The first-order chi connectivity index (χ1) is 8.86. The molecule has 1 aliphatic heterocycles. The molecule has 18 heavy (non-hydrogen) atoms. The molecule has 0 aromatic carbocycles. The van der Waals surface area contributed by atoms with Crippen molar-refractivity contribution in [1.82, 2.24) is 5.32 Å². The lowest BCUT2D eigenvalue weighted by Gasteiger charge is -2.32. The van der Waals surface area contributed by atoms with E-state index in [-0.39, 0.29) is 11.9 Å². The SMILES string of the molecule is C1CCC(NC[C@@H]2COC3(CCCCC3)O2)CC1. The molecule has 1 spiro atoms. The van der Waals surface area contributed by atoms with Crippen LogP contribution in [0.4, 0.5) is 0 Å². The molecule has 2 aliphatic carbocycles. The summed E-state index contributed by atoms with van der Waals surface area (Å²) in [6.45, 7) is 1.77. The summed E-state index contributed by atoms with van der Waals surface area (Å²) in [6.07, 6.45) is 13.3. The predicted octanol–water partition coefficient (Wildman–Crippen LogP) is 2.98. The van der Waals surface area contributed by atoms with Gasteiger partial charge in [-0.15, -0.1) is 0 Å². The molecule has 0 amide bonds. The van der Waals surface area contributed by atoms with Gasteiger partial charge in [0.25, 0.3) is 0 Å². The topological polar surface area (TPSA) is 30.5 Å². The summed E-state index contributed by atoms with van der Waals surface area (Å²) < 4.78 is 12.2. The normalized spacial score (nSPS) is 33.0. The van der Waals surface area contributed by atoms with E-state index in [1.807, 2.05) is 0 Å². The fourth-order valence-electron chi connectivity index (χ4n) is 3.67. The molecule has 0 unspecified atom stereocenters. The number of rotatable bonds is 3. The first-order valence-electron chi connectivity index (χ1n) is 7.91. The number of hydrogen-bond donors (Lipinski definition) is 1. The fraction of sp³-hybridized carbons (Fsp3) is 1.00. The molecule has 1 N–H and O–H groups in total. The average molecular weight is 253 g/mol. The first-order valence-corrected chi connectivity index (χ1v) is 7.91. The zero-order valence-corrected chi connectivity index (χ0v) is 11.5. The van der Waals surface area contributed by atoms with Crippen molar-refractivity contribution in [3.8, 4) is 0 Å². The highest BCUT2D eigenvalue weighted by Gasteiger charge is 2.42. The van der Waals surface area contributed by atoms with Crippen LogP contribution in [0, 0.1) is 0 Å². The second-order valence-corrected chi connectivity index (χ2v) is 6.27. The lowest BCUT2D eigenvalue weighted by Crippen LogP contribution is -2.39. The Bertz CT molecular complexity index is 257. The Morgan fingerprint density at radius 2 is 1.67 bits per heavy atom. The fourth-order valence-corrected chi connectivity index (χ4v) is 3.67. The van der Waals surface area contributed by atoms with Gasteiger partial charge in [-0.2, -0.15) is 0 Å². The van der Waals surface area contributed by atoms with Crippen molar-refractivity contribution in [3.05, 3.63) is 0 Å². The highest BCUT2D eigenvalue weighted by Crippen LogP contribution is 2.37. The van der Waals surface area contributed by atoms with Crippen molar-refractivity contribution in [2.24, 2.45) is 0 Å². The van der Waals surface area contributed by atoms with Crippen molar-refractivity contribution in [1.29, 1.82) is 0 Å². The monoisotopic (exact) mass is 253 g/mol. The minimum absolute atomic E-state index is 0.197. The van der Waals surface area contributed by atoms with Crippen LogP contribution in [0.25, 0.3) is 0 Å². The molecule has 3 heteroatoms. The van der Waals surface area contributed by atoms with E-state index in [9.17, 15) is 0 Å². The Balaban J connectivity index is 1.41. The van der Waals surface area contributed by atoms with E-state index in [2.05, 4.69) is 5.32 Å². The van der Waals surface area contributed by atoms with Gasteiger partial charge in [0, 0.05) is 25.4 Å². The van der Waals surface area contributed by atoms with Gasteiger partial charge in [0.2, 0.25) is 0 Å². The van der Waals surface area contributed by atoms with Gasteiger partial charge in [0.1, 0.15) is 0 Å². The molecular formula is C15H27NO2. The van der Waals surface area contributed by atoms with Crippen molar-refractivity contribution >= 4 is 0 Å². The first kappa shape index (κ1) is 12.9. The maximum absolute atomic E-state index is 6.20. The van der Waals surface area contributed by atoms with Crippen molar-refractivity contribution < 1.29 is 9.47 Å². The second-order valence-electron chi connectivity index (χ2n) is 6.27. The van der Waals surface area contributed by atoms with Crippen LogP contribution in [0.1, 0.15) is 64.2 Å². The number of hydrogen-bond acceptors (Lipinski definition) is 3. The van der Waals surface area contributed by atoms with Gasteiger partial charge in [0.05, 0.1) is 12.7 Å². The molecule has 2 saturated carbocycles. The van der Waals surface area contributed by atoms with Crippen LogP contribution >= 0.6 is 0 Å². The van der Waals surface area contributed by atoms with Crippen LogP contribution in [0.3, 0.4) is 0 Å². The minimum atomic E-state index is -0.197. The van der Waals surface area contributed by atoms with Crippen LogP contribution in [-0.2, 0) is 9.47 Å². The van der Waals surface area contributed by atoms with Crippen LogP contribution in [0.2, 0.25) is 0 Å². The van der Waals surface area contributed by atoms with Gasteiger partial charge in [-0.3, -0.25) is 0 Å². The van der Waals surface area contributed by atoms with Crippen LogP contribution in [0.15, 0.2) is 0 Å². The van der Waals surface area contributed by atoms with E-state index in [0.29, 0.717) is 0 Å². The second kappa shape index (κ2) is 5.89. The van der Waals surface area contributed by atoms with E-state index in [1.54, 1.807) is 0 Å². The molecule has 3 aliphatic rings. The average Bonchev–Trinajstić information content (AvgIpc) is 2.82. The Morgan fingerprint density at radius 1 is 0.944 bits per heavy atom. The molecule has 0 aromatic rings. The summed E-state index contributed by atoms with van der Waals surface area (Å²) in [6, 6.07) is 0.727. The van der Waals surface area contributed by atoms with Gasteiger partial charge in [-0.05, 0) is 25.7 Å². The quantitative estimate of drug-likeness (QED) is 0.838. The van der Waals surface area contributed by atoms with Crippen molar-refractivity contribution in [2.75, 3.05) is 13.2 Å². The molecule has 1 atom stereocenters. The van der Waals surface area contributed by atoms with Gasteiger partial charge in [-0.1, -0.05) is 25.7 Å². The summed E-state index contributed by atoms with van der Waals surface area (Å²) in [7, 11) is 0. The summed E-state index contributed by atoms with van der Waals surface area (Å²) in [4.78, 5) is 0. The molecule has 1 saturated heterocycles. The van der Waals surface area contributed by atoms with Gasteiger partial charge in [0.15, 0.2) is 5.79 Å². The molecule has 3 rings (SSSR count). The van der Waals surface area contributed by atoms with E-state index in [4.69, 9.17) is 9.47 Å². The third-order valence-electron chi connectivity index (χ3n) is 4.77. The highest BCUT2D eigenvalue weighted by atomic mass is 16.7. The van der Waals surface area contributed by atoms with Crippen LogP contribution < -0.4 is 5.32 Å². The Morgan fingerprint density at radius 3 is 2.44 bits per heavy atom. The van der Waals surface area contributed by atoms with Crippen molar-refractivity contribution in [3.63, 3.8) is 0 Å². The zero-order chi connectivity index (χ0) is 12.3. The molecule has 3 nitrogen and oxygen atoms in total. The third kappa shape index (κ3) is 3.06. The smallest absolute Gasteiger partial charge is 0.168 e. The third-order valence-corrected chi connectivity index (χ3v) is 4.77. The molecule has 104 valence electrons. The van der Waals surface area contributed by atoms with Crippen LogP contribution in [-0.4, -0.2) is 31.1 Å². The van der Waals surface area contributed by atoms with Gasteiger partial charge in [-0.25, -0.2) is 0 Å². The number of nitrogens with one attached hydrogen (secondary N) is 1. The van der Waals surface area contributed by atoms with Crippen LogP contribution in [0.5, 0.6) is 0 Å². The summed E-state index contributed by atoms with van der Waals surface area (Å²) in [5.74, 6) is -0.197. The van der Waals surface area contributed by atoms with E-state index in [0.717, 1.165) is 32.0 Å². The predicted molar refractivity (Wildman–Crippen MR) is 71.5 cm³/mol. The lowest BCUT2D eigenvalue weighted by atomic mass is 9.94. The van der Waals surface area contributed by atoms with E-state index in [1.165, 1.54) is 51.4 Å². The summed E-state index contributed by atoms with van der Waals surface area (Å²) >= 11 is 0.